The fraction of sp³-hybridized carbons (Fsp3) is 0.222. The highest BCUT2D eigenvalue weighted by atomic mass is 16.5. The van der Waals surface area contributed by atoms with Gasteiger partial charge in [0.25, 0.3) is 5.82 Å². The van der Waals surface area contributed by atoms with Crippen LogP contribution in [0.3, 0.4) is 0 Å². The summed E-state index contributed by atoms with van der Waals surface area (Å²) in [5.41, 5.74) is 5.51. The van der Waals surface area contributed by atoms with E-state index in [0.29, 0.717) is 5.82 Å². The second-order valence-corrected chi connectivity index (χ2v) is 3.13. The van der Waals surface area contributed by atoms with Gasteiger partial charge in [0.2, 0.25) is 11.8 Å². The molecule has 0 spiro atoms. The van der Waals surface area contributed by atoms with E-state index in [1.165, 1.54) is 31.3 Å². The van der Waals surface area contributed by atoms with Crippen LogP contribution in [-0.4, -0.2) is 44.9 Å². The fourth-order valence-corrected chi connectivity index (χ4v) is 1.21. The van der Waals surface area contributed by atoms with Crippen molar-refractivity contribution in [3.05, 3.63) is 18.2 Å². The molecule has 0 radical (unpaired) electrons. The number of nitrogens with two attached hydrogens (primary N) is 1. The molecule has 0 bridgehead atoms. The number of esters is 1. The van der Waals surface area contributed by atoms with Gasteiger partial charge in [-0.15, -0.1) is 5.10 Å². The summed E-state index contributed by atoms with van der Waals surface area (Å²) in [5.74, 6) is -0.0644. The lowest BCUT2D eigenvalue weighted by molar-refractivity contribution is 0.0587. The number of carbonyl (C=O) groups excluding carboxylic acids is 1. The number of carbonyl (C=O) groups is 1. The number of hydrogen-bond acceptors (Lipinski definition) is 8. The third kappa shape index (κ3) is 2.19. The molecule has 0 saturated heterocycles. The summed E-state index contributed by atoms with van der Waals surface area (Å²) in [6.45, 7) is 0. The van der Waals surface area contributed by atoms with Crippen molar-refractivity contribution in [1.82, 2.24) is 24.7 Å². The average Bonchev–Trinajstić information content (AvgIpc) is 2.86. The number of nitrogen functional groups attached to an aromatic ring is 1. The molecule has 0 atom stereocenters. The molecule has 94 valence electrons. The zero-order valence-corrected chi connectivity index (χ0v) is 9.69. The highest BCUT2D eigenvalue weighted by Gasteiger charge is 2.13. The van der Waals surface area contributed by atoms with Crippen LogP contribution in [0.4, 0.5) is 5.95 Å². The van der Waals surface area contributed by atoms with E-state index < -0.39 is 5.97 Å². The number of nitrogens with zero attached hydrogens (tertiary/aromatic N) is 5. The van der Waals surface area contributed by atoms with Crippen molar-refractivity contribution in [3.8, 4) is 11.7 Å². The van der Waals surface area contributed by atoms with Gasteiger partial charge in [0.1, 0.15) is 6.33 Å². The molecule has 0 aliphatic rings. The minimum Gasteiger partial charge on any atom is -0.481 e. The SMILES string of the molecule is COC(=O)c1ncn(-c2cc(OC)nc(N)n2)n1. The molecule has 0 unspecified atom stereocenters. The maximum absolute atomic E-state index is 11.2. The first kappa shape index (κ1) is 11.8. The molecule has 0 amide bonds. The summed E-state index contributed by atoms with van der Waals surface area (Å²) in [7, 11) is 2.70. The lowest BCUT2D eigenvalue weighted by Crippen LogP contribution is -2.07. The first-order chi connectivity index (χ1) is 8.63. The van der Waals surface area contributed by atoms with Gasteiger partial charge in [0, 0.05) is 6.07 Å². The Morgan fingerprint density at radius 1 is 1.39 bits per heavy atom. The number of ether oxygens (including phenoxy) is 2. The zero-order chi connectivity index (χ0) is 13.1. The topological polar surface area (TPSA) is 118 Å². The van der Waals surface area contributed by atoms with Crippen molar-refractivity contribution in [2.45, 2.75) is 0 Å². The van der Waals surface area contributed by atoms with E-state index in [-0.39, 0.29) is 17.7 Å². The molecule has 2 heterocycles. The minimum atomic E-state index is -0.636. The van der Waals surface area contributed by atoms with Crippen molar-refractivity contribution in [2.24, 2.45) is 0 Å². The van der Waals surface area contributed by atoms with Gasteiger partial charge < -0.3 is 15.2 Å². The molecule has 2 N–H and O–H groups in total. The molecule has 0 fully saturated rings. The molecule has 0 aromatic carbocycles. The van der Waals surface area contributed by atoms with Gasteiger partial charge in [-0.05, 0) is 0 Å². The average molecular weight is 250 g/mol. The van der Waals surface area contributed by atoms with E-state index in [9.17, 15) is 4.79 Å². The summed E-state index contributed by atoms with van der Waals surface area (Å²) in [5, 5.41) is 3.90. The Hall–Kier alpha value is -2.71. The van der Waals surface area contributed by atoms with Gasteiger partial charge >= 0.3 is 5.97 Å². The Labute approximate surface area is 102 Å². The van der Waals surface area contributed by atoms with E-state index in [1.807, 2.05) is 0 Å². The molecule has 9 heteroatoms. The molecule has 0 aliphatic heterocycles. The highest BCUT2D eigenvalue weighted by Crippen LogP contribution is 2.12. The Bertz CT molecular complexity index is 581. The van der Waals surface area contributed by atoms with Gasteiger partial charge in [-0.25, -0.2) is 14.5 Å². The van der Waals surface area contributed by atoms with Crippen molar-refractivity contribution >= 4 is 11.9 Å². The van der Waals surface area contributed by atoms with Gasteiger partial charge in [-0.2, -0.15) is 9.97 Å². The van der Waals surface area contributed by atoms with Crippen LogP contribution in [-0.2, 0) is 4.74 Å². The number of aromatic nitrogens is 5. The predicted molar refractivity (Wildman–Crippen MR) is 59.3 cm³/mol. The molecule has 18 heavy (non-hydrogen) atoms. The smallest absolute Gasteiger partial charge is 0.377 e. The summed E-state index contributed by atoms with van der Waals surface area (Å²) in [6, 6.07) is 1.51. The lowest BCUT2D eigenvalue weighted by Gasteiger charge is -2.03. The van der Waals surface area contributed by atoms with Crippen molar-refractivity contribution in [1.29, 1.82) is 0 Å². The zero-order valence-electron chi connectivity index (χ0n) is 9.69. The van der Waals surface area contributed by atoms with Gasteiger partial charge in [0.15, 0.2) is 5.82 Å². The third-order valence-electron chi connectivity index (χ3n) is 2.01. The molecule has 9 nitrogen and oxygen atoms in total. The molecule has 0 aliphatic carbocycles. The Balaban J connectivity index is 2.39. The quantitative estimate of drug-likeness (QED) is 0.720. The number of methoxy groups -OCH3 is 2. The number of hydrogen-bond donors (Lipinski definition) is 1. The van der Waals surface area contributed by atoms with Gasteiger partial charge in [0.05, 0.1) is 14.2 Å². The van der Waals surface area contributed by atoms with Crippen LogP contribution in [0.1, 0.15) is 10.6 Å². The number of rotatable bonds is 3. The maximum Gasteiger partial charge on any atom is 0.377 e. The van der Waals surface area contributed by atoms with E-state index in [0.717, 1.165) is 0 Å². The van der Waals surface area contributed by atoms with Crippen LogP contribution < -0.4 is 10.5 Å². The summed E-state index contributed by atoms with van der Waals surface area (Å²) >= 11 is 0. The third-order valence-corrected chi connectivity index (χ3v) is 2.01. The highest BCUT2D eigenvalue weighted by molar-refractivity contribution is 5.84. The Morgan fingerprint density at radius 3 is 2.83 bits per heavy atom. The van der Waals surface area contributed by atoms with Crippen molar-refractivity contribution in [3.63, 3.8) is 0 Å². The van der Waals surface area contributed by atoms with Crippen LogP contribution in [0.25, 0.3) is 5.82 Å². The van der Waals surface area contributed by atoms with Gasteiger partial charge in [-0.1, -0.05) is 0 Å². The van der Waals surface area contributed by atoms with Crippen LogP contribution in [0.2, 0.25) is 0 Å². The largest absolute Gasteiger partial charge is 0.481 e. The summed E-state index contributed by atoms with van der Waals surface area (Å²) < 4.78 is 10.7. The molecule has 0 saturated carbocycles. The summed E-state index contributed by atoms with van der Waals surface area (Å²) in [4.78, 5) is 22.8. The molecular weight excluding hydrogens is 240 g/mol. The second-order valence-electron chi connectivity index (χ2n) is 3.13. The van der Waals surface area contributed by atoms with E-state index >= 15 is 0 Å². The first-order valence-corrected chi connectivity index (χ1v) is 4.83. The molecule has 2 aromatic rings. The minimum absolute atomic E-state index is 0.0273. The van der Waals surface area contributed by atoms with E-state index in [2.05, 4.69) is 24.8 Å². The predicted octanol–water partition coefficient (Wildman–Crippen LogP) is -0.565. The maximum atomic E-state index is 11.2. The monoisotopic (exact) mass is 250 g/mol. The summed E-state index contributed by atoms with van der Waals surface area (Å²) in [6.07, 6.45) is 1.31. The molecule has 2 rings (SSSR count). The Morgan fingerprint density at radius 2 is 2.17 bits per heavy atom. The molecule has 2 aromatic heterocycles. The number of anilines is 1. The van der Waals surface area contributed by atoms with Crippen LogP contribution in [0.5, 0.6) is 5.88 Å². The van der Waals surface area contributed by atoms with Gasteiger partial charge in [-0.3, -0.25) is 0 Å². The standard InChI is InChI=1S/C9H10N6O3/c1-17-6-3-5(12-9(10)13-6)15-4-11-7(14-15)8(16)18-2/h3-4H,1-2H3,(H2,10,12,13). The molecular formula is C9H10N6O3. The second kappa shape index (κ2) is 4.65. The van der Waals surface area contributed by atoms with Crippen molar-refractivity contribution in [2.75, 3.05) is 20.0 Å². The lowest BCUT2D eigenvalue weighted by atomic mass is 10.5. The Kier molecular flexibility index (Phi) is 3.04. The van der Waals surface area contributed by atoms with E-state index in [1.54, 1.807) is 0 Å². The van der Waals surface area contributed by atoms with E-state index in [4.69, 9.17) is 10.5 Å². The van der Waals surface area contributed by atoms with Crippen molar-refractivity contribution < 1.29 is 14.3 Å². The fourth-order valence-electron chi connectivity index (χ4n) is 1.21. The normalized spacial score (nSPS) is 10.1. The van der Waals surface area contributed by atoms with Crippen LogP contribution >= 0.6 is 0 Å². The van der Waals surface area contributed by atoms with Crippen LogP contribution in [0, 0.1) is 0 Å². The first-order valence-electron chi connectivity index (χ1n) is 4.83. The van der Waals surface area contributed by atoms with Crippen LogP contribution in [0.15, 0.2) is 12.4 Å².